The lowest BCUT2D eigenvalue weighted by Crippen LogP contribution is -2.57. The van der Waals surface area contributed by atoms with Gasteiger partial charge in [-0.3, -0.25) is 4.79 Å². The highest BCUT2D eigenvalue weighted by molar-refractivity contribution is 7.89. The minimum atomic E-state index is -3.38. The van der Waals surface area contributed by atoms with Gasteiger partial charge in [-0.15, -0.1) is 0 Å². The quantitative estimate of drug-likeness (QED) is 0.331. The number of fused-ring (bicyclic) bond motifs is 2. The van der Waals surface area contributed by atoms with Crippen LogP contribution >= 0.6 is 0 Å². The molecule has 1 aromatic heterocycles. The molecule has 3 heterocycles. The van der Waals surface area contributed by atoms with Gasteiger partial charge in [0.25, 0.3) is 0 Å². The smallest absolute Gasteiger partial charge is 0.316 e. The maximum atomic E-state index is 15.2. The molecule has 0 aliphatic carbocycles. The zero-order chi connectivity index (χ0) is 31.4. The van der Waals surface area contributed by atoms with Crippen LogP contribution in [-0.2, 0) is 27.7 Å². The topological polar surface area (TPSA) is 128 Å². The normalized spacial score (nSPS) is 22.6. The summed E-state index contributed by atoms with van der Waals surface area (Å²) >= 11 is 0. The first kappa shape index (κ1) is 32.1. The van der Waals surface area contributed by atoms with Crippen LogP contribution < -0.4 is 15.8 Å². The molecule has 2 aliphatic rings. The Balaban J connectivity index is 1.36. The fraction of sp³-hybridized carbons (Fsp3) is 0.469. The lowest BCUT2D eigenvalue weighted by Gasteiger charge is -2.37. The molecule has 0 spiro atoms. The van der Waals surface area contributed by atoms with E-state index in [2.05, 4.69) is 15.3 Å². The van der Waals surface area contributed by atoms with E-state index in [1.807, 2.05) is 13.8 Å². The summed E-state index contributed by atoms with van der Waals surface area (Å²) < 4.78 is 61.9. The molecule has 9 nitrogen and oxygen atoms in total. The minimum absolute atomic E-state index is 0.118. The highest BCUT2D eigenvalue weighted by Crippen LogP contribution is 2.30. The maximum absolute atomic E-state index is 15.2. The molecule has 0 amide bonds. The summed E-state index contributed by atoms with van der Waals surface area (Å²) in [5.41, 5.74) is 8.64. The summed E-state index contributed by atoms with van der Waals surface area (Å²) in [6, 6.07) is 9.28. The zero-order valence-corrected chi connectivity index (χ0v) is 25.8. The van der Waals surface area contributed by atoms with Crippen molar-refractivity contribution < 1.29 is 26.7 Å². The molecule has 44 heavy (non-hydrogen) atoms. The van der Waals surface area contributed by atoms with Crippen LogP contribution in [0.1, 0.15) is 61.3 Å². The summed E-state index contributed by atoms with van der Waals surface area (Å²) in [7, 11) is -3.38. The molecule has 2 aliphatic heterocycles. The van der Waals surface area contributed by atoms with Crippen molar-refractivity contribution in [2.24, 2.45) is 5.73 Å². The molecular formula is C32H39F2N5O4S. The number of nitrogens with one attached hydrogen (secondary N) is 1. The molecule has 1 unspecified atom stereocenters. The molecule has 2 saturated heterocycles. The van der Waals surface area contributed by atoms with Crippen LogP contribution in [0.5, 0.6) is 6.01 Å². The summed E-state index contributed by atoms with van der Waals surface area (Å²) in [5, 5.41) is 3.44. The van der Waals surface area contributed by atoms with E-state index in [0.717, 1.165) is 6.42 Å². The van der Waals surface area contributed by atoms with Crippen molar-refractivity contribution in [2.75, 3.05) is 18.8 Å². The van der Waals surface area contributed by atoms with Gasteiger partial charge in [0.1, 0.15) is 11.6 Å². The van der Waals surface area contributed by atoms with Gasteiger partial charge in [-0.2, -0.15) is 4.31 Å². The summed E-state index contributed by atoms with van der Waals surface area (Å²) in [6.45, 7) is 4.63. The van der Waals surface area contributed by atoms with E-state index < -0.39 is 33.6 Å². The van der Waals surface area contributed by atoms with Gasteiger partial charge in [0.05, 0.1) is 17.9 Å². The van der Waals surface area contributed by atoms with Crippen LogP contribution in [0.2, 0.25) is 0 Å². The Labute approximate surface area is 257 Å². The Bertz CT molecular complexity index is 1550. The molecule has 0 saturated carbocycles. The van der Waals surface area contributed by atoms with E-state index in [0.29, 0.717) is 48.2 Å². The number of benzene rings is 2. The molecule has 3 N–H and O–H groups in total. The third kappa shape index (κ3) is 7.48. The van der Waals surface area contributed by atoms with Crippen molar-refractivity contribution in [2.45, 2.75) is 76.1 Å². The van der Waals surface area contributed by atoms with E-state index in [-0.39, 0.29) is 48.6 Å². The highest BCUT2D eigenvalue weighted by Gasteiger charge is 2.38. The van der Waals surface area contributed by atoms with Gasteiger partial charge < -0.3 is 15.8 Å². The Morgan fingerprint density at radius 2 is 1.84 bits per heavy atom. The molecule has 236 valence electrons. The summed E-state index contributed by atoms with van der Waals surface area (Å²) in [5.74, 6) is -1.79. The maximum Gasteiger partial charge on any atom is 0.316 e. The van der Waals surface area contributed by atoms with Gasteiger partial charge in [-0.1, -0.05) is 24.3 Å². The molecule has 0 radical (unpaired) electrons. The number of carbonyl (C=O) groups is 1. The second-order valence-electron chi connectivity index (χ2n) is 11.9. The van der Waals surface area contributed by atoms with Crippen molar-refractivity contribution in [3.63, 3.8) is 0 Å². The number of ketones is 1. The third-order valence-electron chi connectivity index (χ3n) is 8.38. The Morgan fingerprint density at radius 3 is 2.55 bits per heavy atom. The minimum Gasteiger partial charge on any atom is -0.461 e. The Morgan fingerprint density at radius 1 is 1.11 bits per heavy atom. The number of Topliss-reactive ketones (excluding diaryl/α,β-unsaturated/α-hetero) is 1. The predicted molar refractivity (Wildman–Crippen MR) is 163 cm³/mol. The number of nitrogens with two attached hydrogens (primary N) is 1. The van der Waals surface area contributed by atoms with Crippen LogP contribution in [0.15, 0.2) is 54.9 Å². The monoisotopic (exact) mass is 627 g/mol. The van der Waals surface area contributed by atoms with Crippen LogP contribution in [-0.4, -0.2) is 71.5 Å². The number of ether oxygens (including phenoxy) is 1. The van der Waals surface area contributed by atoms with E-state index in [4.69, 9.17) is 10.5 Å². The van der Waals surface area contributed by atoms with E-state index >= 15 is 4.39 Å². The molecule has 2 aromatic carbocycles. The second-order valence-corrected chi connectivity index (χ2v) is 13.9. The number of hydrogen-bond acceptors (Lipinski definition) is 8. The average Bonchev–Trinajstić information content (AvgIpc) is 3.10. The fourth-order valence-corrected chi connectivity index (χ4v) is 7.94. The molecule has 12 heteroatoms. The first-order valence-electron chi connectivity index (χ1n) is 15.0. The van der Waals surface area contributed by atoms with Gasteiger partial charge in [-0.25, -0.2) is 27.2 Å². The highest BCUT2D eigenvalue weighted by atomic mass is 32.2. The number of rotatable bonds is 11. The van der Waals surface area contributed by atoms with Crippen LogP contribution in [0, 0.1) is 11.6 Å². The Hall–Kier alpha value is -3.32. The van der Waals surface area contributed by atoms with Crippen molar-refractivity contribution in [3.05, 3.63) is 88.7 Å². The average molecular weight is 628 g/mol. The zero-order valence-electron chi connectivity index (χ0n) is 25.0. The molecule has 3 aromatic rings. The van der Waals surface area contributed by atoms with E-state index in [9.17, 15) is 17.6 Å². The molecular weight excluding hydrogens is 588 g/mol. The van der Waals surface area contributed by atoms with Gasteiger partial charge in [0, 0.05) is 49.9 Å². The molecule has 5 atom stereocenters. The van der Waals surface area contributed by atoms with Crippen molar-refractivity contribution >= 4 is 15.8 Å². The van der Waals surface area contributed by atoms with Crippen LogP contribution in [0.25, 0.3) is 0 Å². The number of nitrogens with zero attached hydrogens (tertiary/aromatic N) is 3. The van der Waals surface area contributed by atoms with E-state index in [1.165, 1.54) is 18.2 Å². The van der Waals surface area contributed by atoms with Crippen LogP contribution in [0.3, 0.4) is 0 Å². The van der Waals surface area contributed by atoms with Gasteiger partial charge in [0.15, 0.2) is 5.78 Å². The standard InChI is InChI=1S/C32H39F2N5O4S/c1-20(2)43-32-37-16-23(17-38-32)30(21-8-10-24(33)11-9-21)31(35)29(40)15-22-5-3-7-28(34)27(22)13-12-26-18-36-25-6-4-14-44(41,42)39(26)19-25/h3,5,7-11,16-17,20,25-26,30-31,36H,4,6,12-15,18-19,35H2,1-2H3/t25-,26+,30+,31-/m1/s1. The number of carbonyl (C=O) groups excluding carboxylic acids is 1. The van der Waals surface area contributed by atoms with Gasteiger partial charge >= 0.3 is 6.01 Å². The van der Waals surface area contributed by atoms with Crippen molar-refractivity contribution in [3.8, 4) is 6.01 Å². The summed E-state index contributed by atoms with van der Waals surface area (Å²) in [4.78, 5) is 22.3. The number of piperazine rings is 1. The van der Waals surface area contributed by atoms with Crippen LogP contribution in [0.4, 0.5) is 8.78 Å². The SMILES string of the molecule is CC(C)Oc1ncc([C@H](c2ccc(F)cc2)[C@H](N)C(=O)Cc2cccc(F)c2CC[C@H]2CN[C@@H]3CCCS(=O)(=O)N2C3)cn1. The predicted octanol–water partition coefficient (Wildman–Crippen LogP) is 3.51. The molecule has 5 rings (SSSR count). The number of aromatic nitrogens is 2. The lowest BCUT2D eigenvalue weighted by atomic mass is 9.83. The number of halogens is 2. The number of hydrogen-bond donors (Lipinski definition) is 2. The van der Waals surface area contributed by atoms with Gasteiger partial charge in [-0.05, 0) is 80.0 Å². The van der Waals surface area contributed by atoms with E-state index in [1.54, 1.807) is 41.0 Å². The molecule has 2 bridgehead atoms. The third-order valence-corrected chi connectivity index (χ3v) is 10.3. The van der Waals surface area contributed by atoms with Crippen molar-refractivity contribution in [1.82, 2.24) is 19.6 Å². The largest absolute Gasteiger partial charge is 0.461 e. The first-order chi connectivity index (χ1) is 21.0. The molecule has 2 fully saturated rings. The first-order valence-corrected chi connectivity index (χ1v) is 16.6. The van der Waals surface area contributed by atoms with Gasteiger partial charge in [0.2, 0.25) is 10.0 Å². The van der Waals surface area contributed by atoms with Crippen molar-refractivity contribution in [1.29, 1.82) is 0 Å². The fourth-order valence-electron chi connectivity index (χ4n) is 6.13. The Kier molecular flexibility index (Phi) is 10.0. The second kappa shape index (κ2) is 13.8. The lowest BCUT2D eigenvalue weighted by molar-refractivity contribution is -0.119. The number of sulfonamides is 1. The summed E-state index contributed by atoms with van der Waals surface area (Å²) in [6.07, 6.45) is 4.92.